The van der Waals surface area contributed by atoms with E-state index in [1.807, 2.05) is 60.7 Å². The average molecular weight is 371 g/mol. The Morgan fingerprint density at radius 2 is 1.64 bits per heavy atom. The summed E-state index contributed by atoms with van der Waals surface area (Å²) in [5.74, 6) is 1.01. The molecule has 0 aliphatic heterocycles. The molecule has 4 aromatic rings. The van der Waals surface area contributed by atoms with Crippen molar-refractivity contribution in [3.05, 3.63) is 101 Å². The van der Waals surface area contributed by atoms with Crippen LogP contribution in [0.15, 0.2) is 99.3 Å². The molecule has 0 bridgehead atoms. The predicted molar refractivity (Wildman–Crippen MR) is 108 cm³/mol. The summed E-state index contributed by atoms with van der Waals surface area (Å²) < 4.78 is 11.6. The number of benzene rings is 3. The minimum Gasteiger partial charge on any atom is -0.487 e. The number of nitrogens with zero attached hydrogens (tertiary/aromatic N) is 1. The molecule has 0 saturated heterocycles. The lowest BCUT2D eigenvalue weighted by Gasteiger charge is -2.09. The van der Waals surface area contributed by atoms with Gasteiger partial charge in [-0.3, -0.25) is 4.79 Å². The fraction of sp³-hybridized carbons (Fsp3) is 0.0435. The highest BCUT2D eigenvalue weighted by Crippen LogP contribution is 2.24. The molecular formula is C23H17NO4. The first-order valence-electron chi connectivity index (χ1n) is 8.77. The van der Waals surface area contributed by atoms with Crippen molar-refractivity contribution in [1.82, 2.24) is 0 Å². The Hall–Kier alpha value is -3.86. The van der Waals surface area contributed by atoms with Crippen molar-refractivity contribution in [3.8, 4) is 17.1 Å². The predicted octanol–water partition coefficient (Wildman–Crippen LogP) is 4.72. The number of ether oxygens (including phenoxy) is 1. The maximum absolute atomic E-state index is 12.6. The third-order valence-electron chi connectivity index (χ3n) is 4.36. The third-order valence-corrected chi connectivity index (χ3v) is 4.36. The molecule has 28 heavy (non-hydrogen) atoms. The fourth-order valence-corrected chi connectivity index (χ4v) is 2.92. The van der Waals surface area contributed by atoms with Gasteiger partial charge in [0, 0.05) is 17.2 Å². The molecule has 0 aliphatic rings. The van der Waals surface area contributed by atoms with Crippen LogP contribution in [0.3, 0.4) is 0 Å². The Balaban J connectivity index is 1.60. The van der Waals surface area contributed by atoms with Gasteiger partial charge in [0.15, 0.2) is 5.43 Å². The van der Waals surface area contributed by atoms with E-state index < -0.39 is 0 Å². The number of hydrogen-bond donors (Lipinski definition) is 1. The van der Waals surface area contributed by atoms with Crippen LogP contribution in [0.4, 0.5) is 0 Å². The van der Waals surface area contributed by atoms with Gasteiger partial charge in [-0.25, -0.2) is 0 Å². The molecule has 138 valence electrons. The van der Waals surface area contributed by atoms with Gasteiger partial charge in [0.25, 0.3) is 0 Å². The first kappa shape index (κ1) is 17.5. The highest BCUT2D eigenvalue weighted by Gasteiger charge is 2.10. The second-order valence-corrected chi connectivity index (χ2v) is 6.20. The van der Waals surface area contributed by atoms with E-state index in [1.54, 1.807) is 18.2 Å². The van der Waals surface area contributed by atoms with Gasteiger partial charge in [-0.2, -0.15) is 0 Å². The number of oxime groups is 1. The molecule has 1 aromatic heterocycles. The zero-order valence-corrected chi connectivity index (χ0v) is 14.9. The quantitative estimate of drug-likeness (QED) is 0.313. The van der Waals surface area contributed by atoms with Crippen LogP contribution < -0.4 is 10.2 Å². The van der Waals surface area contributed by atoms with Crippen molar-refractivity contribution in [3.63, 3.8) is 0 Å². The van der Waals surface area contributed by atoms with Crippen molar-refractivity contribution < 1.29 is 14.4 Å². The van der Waals surface area contributed by atoms with Gasteiger partial charge >= 0.3 is 0 Å². The van der Waals surface area contributed by atoms with Crippen LogP contribution in [0.25, 0.3) is 22.3 Å². The molecule has 0 amide bonds. The normalized spacial score (nSPS) is 11.5. The van der Waals surface area contributed by atoms with Crippen molar-refractivity contribution in [2.75, 3.05) is 6.61 Å². The molecule has 3 aromatic carbocycles. The Labute approximate surface area is 161 Å². The van der Waals surface area contributed by atoms with E-state index in [0.29, 0.717) is 28.2 Å². The molecule has 1 heterocycles. The maximum atomic E-state index is 12.6. The van der Waals surface area contributed by atoms with Gasteiger partial charge in [-0.15, -0.1) is 0 Å². The molecule has 0 spiro atoms. The van der Waals surface area contributed by atoms with Crippen LogP contribution >= 0.6 is 0 Å². The smallest absolute Gasteiger partial charge is 0.193 e. The molecule has 5 nitrogen and oxygen atoms in total. The number of hydrogen-bond acceptors (Lipinski definition) is 5. The molecular weight excluding hydrogens is 354 g/mol. The molecule has 0 atom stereocenters. The minimum atomic E-state index is -0.148. The molecule has 0 fully saturated rings. The molecule has 0 saturated carbocycles. The van der Waals surface area contributed by atoms with E-state index in [9.17, 15) is 10.0 Å². The maximum Gasteiger partial charge on any atom is 0.193 e. The second kappa shape index (κ2) is 7.80. The summed E-state index contributed by atoms with van der Waals surface area (Å²) in [6, 6.07) is 25.3. The lowest BCUT2D eigenvalue weighted by molar-refractivity contribution is 0.308. The Bertz CT molecular complexity index is 1180. The van der Waals surface area contributed by atoms with Crippen LogP contribution in [0, 0.1) is 0 Å². The zero-order valence-electron chi connectivity index (χ0n) is 14.9. The summed E-state index contributed by atoms with van der Waals surface area (Å²) in [5.41, 5.74) is 2.33. The van der Waals surface area contributed by atoms with E-state index in [4.69, 9.17) is 9.15 Å². The van der Waals surface area contributed by atoms with E-state index in [-0.39, 0.29) is 12.0 Å². The van der Waals surface area contributed by atoms with Crippen molar-refractivity contribution >= 4 is 16.7 Å². The Morgan fingerprint density at radius 3 is 2.36 bits per heavy atom. The van der Waals surface area contributed by atoms with Crippen molar-refractivity contribution in [2.24, 2.45) is 5.16 Å². The second-order valence-electron chi connectivity index (χ2n) is 6.20. The van der Waals surface area contributed by atoms with Gasteiger partial charge in [0.05, 0.1) is 5.39 Å². The lowest BCUT2D eigenvalue weighted by atomic mass is 10.1. The summed E-state index contributed by atoms with van der Waals surface area (Å²) in [5, 5.41) is 13.0. The largest absolute Gasteiger partial charge is 0.487 e. The molecule has 4 rings (SSSR count). The van der Waals surface area contributed by atoms with Crippen molar-refractivity contribution in [1.29, 1.82) is 0 Å². The molecule has 1 N–H and O–H groups in total. The van der Waals surface area contributed by atoms with E-state index in [1.165, 1.54) is 6.07 Å². The van der Waals surface area contributed by atoms with Crippen LogP contribution in [0.1, 0.15) is 5.56 Å². The summed E-state index contributed by atoms with van der Waals surface area (Å²) in [4.78, 5) is 12.6. The van der Waals surface area contributed by atoms with Gasteiger partial charge < -0.3 is 14.4 Å². The summed E-state index contributed by atoms with van der Waals surface area (Å²) in [7, 11) is 0. The van der Waals surface area contributed by atoms with E-state index in [2.05, 4.69) is 5.16 Å². The topological polar surface area (TPSA) is 72.0 Å². The van der Waals surface area contributed by atoms with Crippen LogP contribution in [-0.4, -0.2) is 17.5 Å². The average Bonchev–Trinajstić information content (AvgIpc) is 2.76. The molecule has 0 aliphatic carbocycles. The number of rotatable bonds is 5. The molecule has 0 radical (unpaired) electrons. The van der Waals surface area contributed by atoms with Crippen LogP contribution in [0.5, 0.6) is 5.75 Å². The lowest BCUT2D eigenvalue weighted by Crippen LogP contribution is -2.13. The first-order chi connectivity index (χ1) is 13.7. The highest BCUT2D eigenvalue weighted by molar-refractivity contribution is 6.01. The van der Waals surface area contributed by atoms with Crippen LogP contribution in [-0.2, 0) is 0 Å². The Morgan fingerprint density at radius 1 is 0.929 bits per heavy atom. The number of fused-ring (bicyclic) bond motifs is 1. The van der Waals surface area contributed by atoms with E-state index >= 15 is 0 Å². The SMILES string of the molecule is O=c1cc(-c2ccccc2)oc2ccc(OC/C(=N/O)c3ccccc3)cc12. The van der Waals surface area contributed by atoms with Gasteiger partial charge in [-0.1, -0.05) is 65.8 Å². The zero-order chi connectivity index (χ0) is 19.3. The molecule has 5 heteroatoms. The highest BCUT2D eigenvalue weighted by atomic mass is 16.5. The fourth-order valence-electron chi connectivity index (χ4n) is 2.92. The summed E-state index contributed by atoms with van der Waals surface area (Å²) in [6.45, 7) is 0.0689. The third kappa shape index (κ3) is 3.64. The van der Waals surface area contributed by atoms with Gasteiger partial charge in [-0.05, 0) is 18.2 Å². The molecule has 0 unspecified atom stereocenters. The standard InChI is InChI=1S/C23H17NO4/c25-21-14-23(17-9-5-2-6-10-17)28-22-12-11-18(13-19(21)22)27-15-20(24-26)16-7-3-1-4-8-16/h1-14,26H,15H2/b24-20-. The van der Waals surface area contributed by atoms with E-state index in [0.717, 1.165) is 11.1 Å². The van der Waals surface area contributed by atoms with Crippen molar-refractivity contribution in [2.45, 2.75) is 0 Å². The minimum absolute atomic E-state index is 0.0689. The summed E-state index contributed by atoms with van der Waals surface area (Å²) >= 11 is 0. The first-order valence-corrected chi connectivity index (χ1v) is 8.77. The van der Waals surface area contributed by atoms with Crippen LogP contribution in [0.2, 0.25) is 0 Å². The monoisotopic (exact) mass is 371 g/mol. The van der Waals surface area contributed by atoms with Gasteiger partial charge in [0.2, 0.25) is 0 Å². The van der Waals surface area contributed by atoms with Gasteiger partial charge in [0.1, 0.15) is 29.4 Å². The Kier molecular flexibility index (Phi) is 4.89. The summed E-state index contributed by atoms with van der Waals surface area (Å²) in [6.07, 6.45) is 0.